The molecule has 1 atom stereocenters. The highest BCUT2D eigenvalue weighted by atomic mass is 16.5. The highest BCUT2D eigenvalue weighted by Gasteiger charge is 2.19. The van der Waals surface area contributed by atoms with Gasteiger partial charge < -0.3 is 20.5 Å². The number of aromatic carboxylic acids is 1. The van der Waals surface area contributed by atoms with Crippen LogP contribution in [0.2, 0.25) is 0 Å². The summed E-state index contributed by atoms with van der Waals surface area (Å²) in [7, 11) is 0. The van der Waals surface area contributed by atoms with Crippen LogP contribution >= 0.6 is 0 Å². The summed E-state index contributed by atoms with van der Waals surface area (Å²) in [6.07, 6.45) is 1.78. The van der Waals surface area contributed by atoms with E-state index in [1.54, 1.807) is 13.0 Å². The number of rotatable bonds is 3. The summed E-state index contributed by atoms with van der Waals surface area (Å²) in [6.45, 7) is 4.81. The molecule has 1 aliphatic rings. The predicted octanol–water partition coefficient (Wildman–Crippen LogP) is 2.30. The Bertz CT molecular complexity index is 551. The molecule has 1 heterocycles. The molecule has 1 aliphatic heterocycles. The minimum atomic E-state index is -1.06. The Morgan fingerprint density at radius 3 is 2.71 bits per heavy atom. The zero-order chi connectivity index (χ0) is 15.4. The van der Waals surface area contributed by atoms with E-state index in [2.05, 4.69) is 10.6 Å². The Labute approximate surface area is 123 Å². The standard InChI is InChI=1S/C15H20N2O4/c1-9-6-10(2)13(12(7-9)14(18)19)17-15(20)16-11-4-3-5-21-8-11/h6-7,11H,3-5,8H2,1-2H3,(H,18,19)(H2,16,17,20). The number of benzene rings is 1. The third kappa shape index (κ3) is 3.95. The van der Waals surface area contributed by atoms with Crippen LogP contribution in [0.15, 0.2) is 12.1 Å². The minimum Gasteiger partial charge on any atom is -0.478 e. The van der Waals surface area contributed by atoms with Crippen molar-refractivity contribution < 1.29 is 19.4 Å². The molecule has 0 spiro atoms. The fourth-order valence-electron chi connectivity index (χ4n) is 2.49. The Kier molecular flexibility index (Phi) is 4.80. The quantitative estimate of drug-likeness (QED) is 0.797. The highest BCUT2D eigenvalue weighted by molar-refractivity contribution is 6.01. The molecule has 1 saturated heterocycles. The molecule has 21 heavy (non-hydrogen) atoms. The number of hydrogen-bond acceptors (Lipinski definition) is 3. The van der Waals surface area contributed by atoms with Crippen molar-refractivity contribution in [2.75, 3.05) is 18.5 Å². The summed E-state index contributed by atoms with van der Waals surface area (Å²) < 4.78 is 5.30. The Balaban J connectivity index is 2.11. The minimum absolute atomic E-state index is 0.0298. The van der Waals surface area contributed by atoms with E-state index in [4.69, 9.17) is 4.74 Å². The molecule has 114 valence electrons. The fraction of sp³-hybridized carbons (Fsp3) is 0.467. The van der Waals surface area contributed by atoms with E-state index in [1.165, 1.54) is 0 Å². The molecule has 0 aliphatic carbocycles. The number of nitrogens with one attached hydrogen (secondary N) is 2. The molecule has 0 radical (unpaired) electrons. The van der Waals surface area contributed by atoms with Crippen LogP contribution in [-0.4, -0.2) is 36.4 Å². The topological polar surface area (TPSA) is 87.7 Å². The summed E-state index contributed by atoms with van der Waals surface area (Å²) in [6, 6.07) is 2.96. The summed E-state index contributed by atoms with van der Waals surface area (Å²) in [5.74, 6) is -1.06. The van der Waals surface area contributed by atoms with Crippen molar-refractivity contribution in [1.29, 1.82) is 0 Å². The molecule has 6 heteroatoms. The van der Waals surface area contributed by atoms with E-state index in [0.29, 0.717) is 12.3 Å². The van der Waals surface area contributed by atoms with Crippen LogP contribution in [-0.2, 0) is 4.74 Å². The average molecular weight is 292 g/mol. The lowest BCUT2D eigenvalue weighted by molar-refractivity contribution is 0.0697. The van der Waals surface area contributed by atoms with Gasteiger partial charge in [-0.1, -0.05) is 6.07 Å². The smallest absolute Gasteiger partial charge is 0.337 e. The number of carbonyl (C=O) groups is 2. The first-order chi connectivity index (χ1) is 9.97. The van der Waals surface area contributed by atoms with Crippen molar-refractivity contribution in [3.8, 4) is 0 Å². The zero-order valence-electron chi connectivity index (χ0n) is 12.2. The van der Waals surface area contributed by atoms with Crippen molar-refractivity contribution in [3.63, 3.8) is 0 Å². The van der Waals surface area contributed by atoms with Gasteiger partial charge in [-0.05, 0) is 43.9 Å². The van der Waals surface area contributed by atoms with Gasteiger partial charge in [0.25, 0.3) is 0 Å². The summed E-state index contributed by atoms with van der Waals surface area (Å²) >= 11 is 0. The predicted molar refractivity (Wildman–Crippen MR) is 78.9 cm³/mol. The monoisotopic (exact) mass is 292 g/mol. The Hall–Kier alpha value is -2.08. The number of carboxylic acids is 1. The van der Waals surface area contributed by atoms with Gasteiger partial charge in [0.05, 0.1) is 23.9 Å². The van der Waals surface area contributed by atoms with Crippen molar-refractivity contribution in [1.82, 2.24) is 5.32 Å². The van der Waals surface area contributed by atoms with Crippen LogP contribution < -0.4 is 10.6 Å². The van der Waals surface area contributed by atoms with Crippen molar-refractivity contribution in [2.45, 2.75) is 32.7 Å². The third-order valence-corrected chi connectivity index (χ3v) is 3.44. The SMILES string of the molecule is Cc1cc(C)c(NC(=O)NC2CCCOC2)c(C(=O)O)c1. The number of hydrogen-bond donors (Lipinski definition) is 3. The molecule has 1 unspecified atom stereocenters. The number of anilines is 1. The van der Waals surface area contributed by atoms with Gasteiger partial charge in [-0.2, -0.15) is 0 Å². The lowest BCUT2D eigenvalue weighted by Crippen LogP contribution is -2.43. The summed E-state index contributed by atoms with van der Waals surface area (Å²) in [5.41, 5.74) is 2.00. The van der Waals surface area contributed by atoms with Crippen molar-refractivity contribution in [2.24, 2.45) is 0 Å². The summed E-state index contributed by atoms with van der Waals surface area (Å²) in [4.78, 5) is 23.3. The molecule has 1 aromatic rings. The van der Waals surface area contributed by atoms with E-state index < -0.39 is 12.0 Å². The molecule has 6 nitrogen and oxygen atoms in total. The van der Waals surface area contributed by atoms with Gasteiger partial charge in [0, 0.05) is 6.61 Å². The summed E-state index contributed by atoms with van der Waals surface area (Å²) in [5, 5.41) is 14.7. The van der Waals surface area contributed by atoms with Crippen molar-refractivity contribution >= 4 is 17.7 Å². The van der Waals surface area contributed by atoms with Crippen LogP contribution in [0.4, 0.5) is 10.5 Å². The van der Waals surface area contributed by atoms with Crippen LogP contribution in [0.25, 0.3) is 0 Å². The third-order valence-electron chi connectivity index (χ3n) is 3.44. The maximum atomic E-state index is 12.0. The highest BCUT2D eigenvalue weighted by Crippen LogP contribution is 2.23. The molecule has 1 fully saturated rings. The van der Waals surface area contributed by atoms with Gasteiger partial charge in [0.1, 0.15) is 0 Å². The second-order valence-corrected chi connectivity index (χ2v) is 5.32. The van der Waals surface area contributed by atoms with E-state index >= 15 is 0 Å². The number of carbonyl (C=O) groups excluding carboxylic acids is 1. The van der Waals surface area contributed by atoms with Gasteiger partial charge in [-0.15, -0.1) is 0 Å². The molecule has 1 aromatic carbocycles. The van der Waals surface area contributed by atoms with Gasteiger partial charge >= 0.3 is 12.0 Å². The molecule has 3 N–H and O–H groups in total. The molecular formula is C15H20N2O4. The normalized spacial score (nSPS) is 18.1. The fourth-order valence-corrected chi connectivity index (χ4v) is 2.49. The number of amides is 2. The van der Waals surface area contributed by atoms with Crippen LogP contribution in [0.5, 0.6) is 0 Å². The maximum Gasteiger partial charge on any atom is 0.337 e. The van der Waals surface area contributed by atoms with Crippen LogP contribution in [0.3, 0.4) is 0 Å². The zero-order valence-corrected chi connectivity index (χ0v) is 12.2. The first-order valence-electron chi connectivity index (χ1n) is 6.97. The number of ether oxygens (including phenoxy) is 1. The van der Waals surface area contributed by atoms with Gasteiger partial charge in [-0.3, -0.25) is 0 Å². The molecule has 2 rings (SSSR count). The molecule has 0 saturated carbocycles. The maximum absolute atomic E-state index is 12.0. The van der Waals surface area contributed by atoms with Gasteiger partial charge in [0.15, 0.2) is 0 Å². The number of carboxylic acid groups (broad SMARTS) is 1. The second kappa shape index (κ2) is 6.58. The van der Waals surface area contributed by atoms with E-state index in [0.717, 1.165) is 30.6 Å². The Morgan fingerprint density at radius 1 is 1.33 bits per heavy atom. The molecule has 2 amide bonds. The van der Waals surface area contributed by atoms with Crippen LogP contribution in [0, 0.1) is 13.8 Å². The van der Waals surface area contributed by atoms with Crippen LogP contribution in [0.1, 0.15) is 34.3 Å². The molecular weight excluding hydrogens is 272 g/mol. The first-order valence-corrected chi connectivity index (χ1v) is 6.97. The first kappa shape index (κ1) is 15.3. The largest absolute Gasteiger partial charge is 0.478 e. The molecule has 0 aromatic heterocycles. The van der Waals surface area contributed by atoms with E-state index in [9.17, 15) is 14.7 Å². The van der Waals surface area contributed by atoms with Gasteiger partial charge in [-0.25, -0.2) is 9.59 Å². The van der Waals surface area contributed by atoms with E-state index in [-0.39, 0.29) is 11.6 Å². The van der Waals surface area contributed by atoms with Crippen molar-refractivity contribution in [3.05, 3.63) is 28.8 Å². The van der Waals surface area contributed by atoms with E-state index in [1.807, 2.05) is 13.0 Å². The Morgan fingerprint density at radius 2 is 2.10 bits per heavy atom. The average Bonchev–Trinajstić information content (AvgIpc) is 2.42. The van der Waals surface area contributed by atoms with Gasteiger partial charge in [0.2, 0.25) is 0 Å². The lowest BCUT2D eigenvalue weighted by atomic mass is 10.0. The number of urea groups is 1. The molecule has 0 bridgehead atoms. The number of aryl methyl sites for hydroxylation is 2. The lowest BCUT2D eigenvalue weighted by Gasteiger charge is -2.23. The second-order valence-electron chi connectivity index (χ2n) is 5.32.